The number of likely N-dealkylation sites (tertiary alicyclic amines) is 3. The van der Waals surface area contributed by atoms with Crippen LogP contribution in [0.1, 0.15) is 185 Å². The van der Waals surface area contributed by atoms with Crippen molar-refractivity contribution in [2.75, 3.05) is 105 Å². The molecule has 2 amide bonds. The van der Waals surface area contributed by atoms with Gasteiger partial charge in [0.25, 0.3) is 0 Å². The zero-order valence-corrected chi connectivity index (χ0v) is 41.8. The molecule has 0 spiro atoms. The van der Waals surface area contributed by atoms with Crippen LogP contribution in [0.25, 0.3) is 0 Å². The maximum atomic E-state index is 11.0. The van der Waals surface area contributed by atoms with E-state index in [4.69, 9.17) is 4.74 Å². The Balaban J connectivity index is -0.000000329. The topological polar surface area (TPSA) is 78.1 Å². The van der Waals surface area contributed by atoms with Crippen molar-refractivity contribution < 1.29 is 14.3 Å². The largest absolute Gasteiger partial charge is 0.379 e. The molecule has 0 aliphatic carbocycles. The van der Waals surface area contributed by atoms with Crippen molar-refractivity contribution in [1.82, 2.24) is 39.6 Å². The van der Waals surface area contributed by atoms with Crippen LogP contribution in [0.4, 0.5) is 0 Å². The van der Waals surface area contributed by atoms with Gasteiger partial charge in [-0.15, -0.1) is 0 Å². The van der Waals surface area contributed by atoms with E-state index in [2.05, 4.69) is 132 Å². The predicted molar refractivity (Wildman–Crippen MR) is 279 cm³/mol. The minimum Gasteiger partial charge on any atom is -0.379 e. The van der Waals surface area contributed by atoms with Gasteiger partial charge in [0.05, 0.1) is 19.8 Å². The monoisotopic (exact) mass is 901 g/mol. The highest BCUT2D eigenvalue weighted by Crippen LogP contribution is 2.28. The Bertz CT molecular complexity index is 1040. The van der Waals surface area contributed by atoms with Gasteiger partial charge in [0, 0.05) is 101 Å². The number of piperazine rings is 2. The van der Waals surface area contributed by atoms with Gasteiger partial charge in [-0.25, -0.2) is 0 Å². The SMILES string of the molecule is C.C.C.C.CC(=O)N1CCN(C(C)C)CC1.CC(C)N1CCCC1.CC(C)N1CCCCC1.CC(C)N1CCCCC1(C)C.CC(C)N1CCNC(=O)C1.CC(C)N1CCOCC1. The van der Waals surface area contributed by atoms with Crippen LogP contribution in [0.15, 0.2) is 0 Å². The number of carbonyl (C=O) groups is 2. The zero-order chi connectivity index (χ0) is 44.5. The smallest absolute Gasteiger partial charge is 0.234 e. The summed E-state index contributed by atoms with van der Waals surface area (Å²) in [7, 11) is 0. The maximum absolute atomic E-state index is 11.0. The molecule has 6 aliphatic heterocycles. The van der Waals surface area contributed by atoms with E-state index < -0.39 is 0 Å². The Hall–Kier alpha value is -1.34. The number of amides is 2. The molecule has 11 nitrogen and oxygen atoms in total. The zero-order valence-electron chi connectivity index (χ0n) is 41.8. The summed E-state index contributed by atoms with van der Waals surface area (Å²) in [5.41, 5.74) is 0.451. The second kappa shape index (κ2) is 37.7. The lowest BCUT2D eigenvalue weighted by atomic mass is 9.89. The van der Waals surface area contributed by atoms with Crippen molar-refractivity contribution >= 4 is 11.8 Å². The summed E-state index contributed by atoms with van der Waals surface area (Å²) in [6, 6.07) is 4.05. The number of ether oxygens (including phenoxy) is 1. The Morgan fingerprint density at radius 2 is 0.873 bits per heavy atom. The maximum Gasteiger partial charge on any atom is 0.234 e. The van der Waals surface area contributed by atoms with Crippen LogP contribution < -0.4 is 5.32 Å². The molecule has 0 bridgehead atoms. The summed E-state index contributed by atoms with van der Waals surface area (Å²) in [4.78, 5) is 38.4. The molecule has 0 aromatic rings. The summed E-state index contributed by atoms with van der Waals surface area (Å²) in [6.07, 6.45) is 11.3. The molecular formula is C52H116N8O3. The van der Waals surface area contributed by atoms with Gasteiger partial charge in [-0.1, -0.05) is 42.5 Å². The molecule has 0 saturated carbocycles. The van der Waals surface area contributed by atoms with E-state index in [-0.39, 0.29) is 41.5 Å². The molecule has 63 heavy (non-hydrogen) atoms. The third kappa shape index (κ3) is 29.8. The van der Waals surface area contributed by atoms with E-state index in [9.17, 15) is 9.59 Å². The van der Waals surface area contributed by atoms with Gasteiger partial charge < -0.3 is 24.8 Å². The van der Waals surface area contributed by atoms with Gasteiger partial charge in [-0.05, 0) is 168 Å². The molecule has 6 saturated heterocycles. The fourth-order valence-electron chi connectivity index (χ4n) is 8.68. The molecule has 1 N–H and O–H groups in total. The number of carbonyl (C=O) groups excluding carboxylic acids is 2. The van der Waals surface area contributed by atoms with Gasteiger partial charge in [0.15, 0.2) is 0 Å². The second-order valence-corrected chi connectivity index (χ2v) is 19.9. The summed E-state index contributed by atoms with van der Waals surface area (Å²) >= 11 is 0. The van der Waals surface area contributed by atoms with E-state index in [1.54, 1.807) is 6.92 Å². The van der Waals surface area contributed by atoms with Crippen LogP contribution in [-0.2, 0) is 14.3 Å². The van der Waals surface area contributed by atoms with E-state index in [0.29, 0.717) is 36.3 Å². The Kier molecular flexibility index (Phi) is 40.9. The first-order chi connectivity index (χ1) is 27.8. The molecule has 6 fully saturated rings. The molecule has 0 atom stereocenters. The van der Waals surface area contributed by atoms with Crippen molar-refractivity contribution in [2.24, 2.45) is 0 Å². The summed E-state index contributed by atoms with van der Waals surface area (Å²) < 4.78 is 5.21. The molecule has 6 heterocycles. The number of nitrogens with one attached hydrogen (secondary N) is 1. The highest BCUT2D eigenvalue weighted by Gasteiger charge is 2.31. The number of rotatable bonds is 6. The summed E-state index contributed by atoms with van der Waals surface area (Å²) in [5.74, 6) is 0.360. The van der Waals surface area contributed by atoms with Crippen LogP contribution in [0.5, 0.6) is 0 Å². The lowest BCUT2D eigenvalue weighted by molar-refractivity contribution is -0.130. The lowest BCUT2D eigenvalue weighted by Gasteiger charge is -2.45. The molecule has 0 aromatic carbocycles. The van der Waals surface area contributed by atoms with Crippen molar-refractivity contribution in [3.05, 3.63) is 0 Å². The minimum absolute atomic E-state index is 0. The van der Waals surface area contributed by atoms with Crippen molar-refractivity contribution in [2.45, 2.75) is 227 Å². The quantitative estimate of drug-likeness (QED) is 0.281. The van der Waals surface area contributed by atoms with Crippen LogP contribution in [-0.4, -0.2) is 193 Å². The van der Waals surface area contributed by atoms with Crippen molar-refractivity contribution in [1.29, 1.82) is 0 Å². The molecule has 0 radical (unpaired) electrons. The fraction of sp³-hybridized carbons (Fsp3) is 0.962. The van der Waals surface area contributed by atoms with Crippen LogP contribution in [0.2, 0.25) is 0 Å². The van der Waals surface area contributed by atoms with E-state index in [1.807, 2.05) is 4.90 Å². The van der Waals surface area contributed by atoms with E-state index in [1.165, 1.54) is 84.1 Å². The first-order valence-electron chi connectivity index (χ1n) is 24.3. The van der Waals surface area contributed by atoms with Gasteiger partial charge in [-0.3, -0.25) is 29.2 Å². The molecule has 0 aromatic heterocycles. The highest BCUT2D eigenvalue weighted by atomic mass is 16.5. The number of hydrogen-bond donors (Lipinski definition) is 1. The number of nitrogens with zero attached hydrogens (tertiary/aromatic N) is 7. The first-order valence-corrected chi connectivity index (χ1v) is 24.3. The fourth-order valence-corrected chi connectivity index (χ4v) is 8.68. The molecule has 0 unspecified atom stereocenters. The Morgan fingerprint density at radius 3 is 1.17 bits per heavy atom. The molecular weight excluding hydrogens is 785 g/mol. The lowest BCUT2D eigenvalue weighted by Crippen LogP contribution is -2.50. The average Bonchev–Trinajstić information content (AvgIpc) is 3.76. The van der Waals surface area contributed by atoms with Gasteiger partial charge >= 0.3 is 0 Å². The first kappa shape index (κ1) is 68.2. The van der Waals surface area contributed by atoms with Gasteiger partial charge in [0.1, 0.15) is 0 Å². The Morgan fingerprint density at radius 1 is 0.492 bits per heavy atom. The normalized spacial score (nSPS) is 21.2. The number of hydrogen-bond acceptors (Lipinski definition) is 9. The highest BCUT2D eigenvalue weighted by molar-refractivity contribution is 5.78. The third-order valence-corrected chi connectivity index (χ3v) is 12.9. The van der Waals surface area contributed by atoms with Crippen LogP contribution >= 0.6 is 0 Å². The Labute approximate surface area is 396 Å². The number of morpholine rings is 1. The summed E-state index contributed by atoms with van der Waals surface area (Å²) in [6.45, 7) is 50.0. The van der Waals surface area contributed by atoms with Crippen LogP contribution in [0, 0.1) is 0 Å². The molecule has 382 valence electrons. The van der Waals surface area contributed by atoms with E-state index >= 15 is 0 Å². The number of piperidine rings is 2. The van der Waals surface area contributed by atoms with Crippen molar-refractivity contribution in [3.8, 4) is 0 Å². The summed E-state index contributed by atoms with van der Waals surface area (Å²) in [5, 5.41) is 2.79. The van der Waals surface area contributed by atoms with Crippen LogP contribution in [0.3, 0.4) is 0 Å². The van der Waals surface area contributed by atoms with Crippen molar-refractivity contribution in [3.63, 3.8) is 0 Å². The predicted octanol–water partition coefficient (Wildman–Crippen LogP) is 9.69. The average molecular weight is 902 g/mol. The molecule has 6 rings (SSSR count). The van der Waals surface area contributed by atoms with Gasteiger partial charge in [-0.2, -0.15) is 0 Å². The van der Waals surface area contributed by atoms with E-state index in [0.717, 1.165) is 77.7 Å². The molecule has 6 aliphatic rings. The third-order valence-electron chi connectivity index (χ3n) is 12.9. The molecule has 11 heteroatoms. The second-order valence-electron chi connectivity index (χ2n) is 19.9. The minimum atomic E-state index is 0. The standard InChI is InChI=1S/C10H21N.C9H18N2O.C8H17N.C7H14N2O.C7H15NO.C7H15N.4CH4/c1-9(2)11-8-6-5-7-10(11,3)4;1-8(2)10-4-6-11(7-5-10)9(3)12;1-8(2)9-6-4-3-5-7-9;1-6(2)9-4-3-8-7(10)5-9;1-7(2)8-3-5-9-6-4-8;1-7(2)8-5-3-4-6-8;;;;/h9H,5-8H2,1-4H3;8H,4-7H2,1-3H3;8H,3-7H2,1-2H3;6H,3-5H2,1-2H3,(H,8,10);7H,3-6H2,1-2H3;7H,3-6H2,1-2H3;4*1H4. The van der Waals surface area contributed by atoms with Gasteiger partial charge in [0.2, 0.25) is 11.8 Å².